The number of carbonyl (C=O) groups is 2. The van der Waals surface area contributed by atoms with E-state index < -0.39 is 5.97 Å². The van der Waals surface area contributed by atoms with E-state index in [1.165, 1.54) is 13.0 Å². The van der Waals surface area contributed by atoms with Crippen molar-refractivity contribution in [2.45, 2.75) is 53.2 Å². The number of ether oxygens (including phenoxy) is 1. The van der Waals surface area contributed by atoms with Gasteiger partial charge in [-0.2, -0.15) is 0 Å². The minimum Gasteiger partial charge on any atom is -0.461 e. The Bertz CT molecular complexity index is 216. The Morgan fingerprint density at radius 2 is 1.47 bits per heavy atom. The molecule has 114 valence electrons. The third kappa shape index (κ3) is 75.8. The van der Waals surface area contributed by atoms with Crippen molar-refractivity contribution < 1.29 is 24.5 Å². The van der Waals surface area contributed by atoms with Crippen molar-refractivity contribution in [3.63, 3.8) is 0 Å². The Labute approximate surface area is 126 Å². The SMILES string of the molecule is C=CCOC(=O)CC(C)=O.CC(C)O.CC(C)O.[AlH3]. The predicted octanol–water partition coefficient (Wildman–Crippen LogP) is 0.285. The van der Waals surface area contributed by atoms with Crippen LogP contribution in [0.5, 0.6) is 0 Å². The van der Waals surface area contributed by atoms with Gasteiger partial charge in [-0.15, -0.1) is 0 Å². The number of aliphatic hydroxyl groups is 2. The number of aliphatic hydroxyl groups excluding tert-OH is 2. The molecule has 6 heteroatoms. The number of esters is 1. The molecule has 5 nitrogen and oxygen atoms in total. The molecule has 0 fully saturated rings. The van der Waals surface area contributed by atoms with Gasteiger partial charge in [0.15, 0.2) is 17.4 Å². The van der Waals surface area contributed by atoms with Gasteiger partial charge in [-0.25, -0.2) is 0 Å². The van der Waals surface area contributed by atoms with E-state index in [0.29, 0.717) is 0 Å². The highest BCUT2D eigenvalue weighted by atomic mass is 27.0. The minimum absolute atomic E-state index is 0. The molecule has 0 unspecified atom stereocenters. The molecule has 0 aromatic rings. The Morgan fingerprint density at radius 3 is 1.68 bits per heavy atom. The van der Waals surface area contributed by atoms with Gasteiger partial charge in [-0.1, -0.05) is 12.7 Å². The molecule has 0 spiro atoms. The lowest BCUT2D eigenvalue weighted by molar-refractivity contribution is -0.144. The standard InChI is InChI=1S/C7H10O3.2C3H8O.Al.3H/c1-3-4-10-7(9)5-6(2)8;2*1-3(2)4;;;;/h3H,1,4-5H2,2H3;2*3-4H,1-2H3;;;;. The van der Waals surface area contributed by atoms with Crippen LogP contribution in [0.4, 0.5) is 0 Å². The summed E-state index contributed by atoms with van der Waals surface area (Å²) in [6.07, 6.45) is 0.978. The molecule has 0 aromatic carbocycles. The number of hydrogen-bond acceptors (Lipinski definition) is 5. The predicted molar refractivity (Wildman–Crippen MR) is 81.1 cm³/mol. The number of carbonyl (C=O) groups excluding carboxylic acids is 2. The lowest BCUT2D eigenvalue weighted by atomic mass is 10.3. The normalized spacial score (nSPS) is 8.26. The molecule has 0 aromatic heterocycles. The Hall–Kier alpha value is -0.668. The van der Waals surface area contributed by atoms with E-state index in [1.807, 2.05) is 0 Å². The number of rotatable bonds is 4. The van der Waals surface area contributed by atoms with E-state index in [1.54, 1.807) is 27.7 Å². The lowest BCUT2D eigenvalue weighted by Crippen LogP contribution is -2.08. The van der Waals surface area contributed by atoms with Gasteiger partial charge in [0.25, 0.3) is 0 Å². The van der Waals surface area contributed by atoms with Gasteiger partial charge in [-0.05, 0) is 34.6 Å². The maximum Gasteiger partial charge on any atom is 0.313 e. The summed E-state index contributed by atoms with van der Waals surface area (Å²) in [4.78, 5) is 20.8. The fourth-order valence-electron chi connectivity index (χ4n) is 0.406. The van der Waals surface area contributed by atoms with E-state index in [4.69, 9.17) is 10.2 Å². The average molecular weight is 292 g/mol. The molecule has 2 N–H and O–H groups in total. The number of ketones is 1. The summed E-state index contributed by atoms with van der Waals surface area (Å²) in [5.74, 6) is -0.679. The van der Waals surface area contributed by atoms with Crippen molar-refractivity contribution in [1.29, 1.82) is 0 Å². The van der Waals surface area contributed by atoms with Crippen molar-refractivity contribution in [2.24, 2.45) is 0 Å². The number of Topliss-reactive ketones (excluding diaryl/α,β-unsaturated/α-hetero) is 1. The fourth-order valence-corrected chi connectivity index (χ4v) is 0.406. The molecule has 0 amide bonds. The molecule has 0 aliphatic rings. The summed E-state index contributed by atoms with van der Waals surface area (Å²) in [5.41, 5.74) is 0. The summed E-state index contributed by atoms with van der Waals surface area (Å²) in [6.45, 7) is 11.8. The van der Waals surface area contributed by atoms with E-state index >= 15 is 0 Å². The maximum absolute atomic E-state index is 10.5. The van der Waals surface area contributed by atoms with Crippen molar-refractivity contribution in [3.05, 3.63) is 12.7 Å². The van der Waals surface area contributed by atoms with Gasteiger partial charge < -0.3 is 14.9 Å². The summed E-state index contributed by atoms with van der Waals surface area (Å²) < 4.78 is 4.52. The van der Waals surface area contributed by atoms with Crippen LogP contribution in [-0.2, 0) is 14.3 Å². The summed E-state index contributed by atoms with van der Waals surface area (Å²) in [7, 11) is 0. The van der Waals surface area contributed by atoms with Crippen molar-refractivity contribution in [1.82, 2.24) is 0 Å². The van der Waals surface area contributed by atoms with Gasteiger partial charge in [0.2, 0.25) is 0 Å². The molecule has 0 rings (SSSR count). The van der Waals surface area contributed by atoms with Gasteiger partial charge >= 0.3 is 5.97 Å². The first-order chi connectivity index (χ1) is 8.13. The van der Waals surface area contributed by atoms with Crippen LogP contribution in [0, 0.1) is 0 Å². The van der Waals surface area contributed by atoms with Crippen LogP contribution in [0.3, 0.4) is 0 Å². The molecule has 0 atom stereocenters. The van der Waals surface area contributed by atoms with Crippen LogP contribution in [0.2, 0.25) is 0 Å². The molecule has 19 heavy (non-hydrogen) atoms. The zero-order chi connectivity index (χ0) is 15.1. The molecule has 0 bridgehead atoms. The second kappa shape index (κ2) is 19.7. The van der Waals surface area contributed by atoms with Crippen LogP contribution < -0.4 is 0 Å². The average Bonchev–Trinajstić information content (AvgIpc) is 2.11. The molecular formula is C13H29AlO5. The highest BCUT2D eigenvalue weighted by Crippen LogP contribution is 1.87. The lowest BCUT2D eigenvalue weighted by Gasteiger charge is -1.96. The van der Waals surface area contributed by atoms with Gasteiger partial charge in [0.05, 0.1) is 0 Å². The summed E-state index contributed by atoms with van der Waals surface area (Å²) in [6, 6.07) is 0. The highest BCUT2D eigenvalue weighted by Gasteiger charge is 2.03. The molecule has 0 saturated carbocycles. The van der Waals surface area contributed by atoms with E-state index in [0.717, 1.165) is 0 Å². The zero-order valence-corrected chi connectivity index (χ0v) is 12.0. The van der Waals surface area contributed by atoms with Crippen molar-refractivity contribution >= 4 is 29.1 Å². The monoisotopic (exact) mass is 292 g/mol. The smallest absolute Gasteiger partial charge is 0.313 e. The first kappa shape index (κ1) is 26.8. The quantitative estimate of drug-likeness (QED) is 0.337. The van der Waals surface area contributed by atoms with Crippen LogP contribution >= 0.6 is 0 Å². The topological polar surface area (TPSA) is 83.8 Å². The van der Waals surface area contributed by atoms with Gasteiger partial charge in [-0.3, -0.25) is 9.59 Å². The summed E-state index contributed by atoms with van der Waals surface area (Å²) in [5, 5.41) is 16.1. The Balaban J connectivity index is -0.000000105. The Kier molecular flexibility index (Phi) is 27.8. The summed E-state index contributed by atoms with van der Waals surface area (Å²) >= 11 is 0. The van der Waals surface area contributed by atoms with E-state index in [2.05, 4.69) is 11.3 Å². The fraction of sp³-hybridized carbons (Fsp3) is 0.692. The minimum atomic E-state index is -0.493. The van der Waals surface area contributed by atoms with Crippen LogP contribution in [-0.4, -0.2) is 58.1 Å². The largest absolute Gasteiger partial charge is 0.461 e. The molecular weight excluding hydrogens is 263 g/mol. The molecule has 0 heterocycles. The van der Waals surface area contributed by atoms with E-state index in [-0.39, 0.29) is 48.4 Å². The zero-order valence-electron chi connectivity index (χ0n) is 12.0. The van der Waals surface area contributed by atoms with Crippen LogP contribution in [0.15, 0.2) is 12.7 Å². The molecule has 0 saturated heterocycles. The Morgan fingerprint density at radius 1 is 1.16 bits per heavy atom. The van der Waals surface area contributed by atoms with E-state index in [9.17, 15) is 9.59 Å². The third-order valence-electron chi connectivity index (χ3n) is 0.755. The first-order valence-electron chi connectivity index (χ1n) is 5.75. The molecule has 0 aliphatic heterocycles. The second-order valence-corrected chi connectivity index (χ2v) is 4.04. The third-order valence-corrected chi connectivity index (χ3v) is 0.755. The number of hydrogen-bond donors (Lipinski definition) is 2. The van der Waals surface area contributed by atoms with Gasteiger partial charge in [0.1, 0.15) is 18.8 Å². The molecule has 0 aliphatic carbocycles. The van der Waals surface area contributed by atoms with Crippen molar-refractivity contribution in [2.75, 3.05) is 6.61 Å². The highest BCUT2D eigenvalue weighted by molar-refractivity contribution is 5.94. The van der Waals surface area contributed by atoms with Crippen LogP contribution in [0.25, 0.3) is 0 Å². The molecule has 0 radical (unpaired) electrons. The maximum atomic E-state index is 10.5. The van der Waals surface area contributed by atoms with Crippen molar-refractivity contribution in [3.8, 4) is 0 Å². The first-order valence-corrected chi connectivity index (χ1v) is 5.75. The second-order valence-electron chi connectivity index (χ2n) is 4.04. The van der Waals surface area contributed by atoms with Gasteiger partial charge in [0, 0.05) is 12.2 Å². The van der Waals surface area contributed by atoms with Crippen LogP contribution in [0.1, 0.15) is 41.0 Å².